The van der Waals surface area contributed by atoms with E-state index in [1.165, 1.54) is 0 Å². The summed E-state index contributed by atoms with van der Waals surface area (Å²) in [5.41, 5.74) is 8.69. The maximum atomic E-state index is 13.1. The lowest BCUT2D eigenvalue weighted by molar-refractivity contribution is -0.123. The number of pyridine rings is 1. The fourth-order valence-electron chi connectivity index (χ4n) is 3.76. The fraction of sp³-hybridized carbons (Fsp3) is 0.318. The molecular formula is C22H24N4O3. The molecule has 1 atom stereocenters. The number of likely N-dealkylation sites (tertiary alicyclic amines) is 1. The van der Waals surface area contributed by atoms with Crippen LogP contribution in [0, 0.1) is 12.8 Å². The highest BCUT2D eigenvalue weighted by Crippen LogP contribution is 2.24. The average molecular weight is 392 g/mol. The van der Waals surface area contributed by atoms with Crippen molar-refractivity contribution in [1.82, 2.24) is 14.3 Å². The Morgan fingerprint density at radius 1 is 1.24 bits per heavy atom. The molecule has 1 unspecified atom stereocenters. The smallest absolute Gasteiger partial charge is 0.257 e. The Morgan fingerprint density at radius 3 is 2.86 bits per heavy atom. The van der Waals surface area contributed by atoms with Crippen molar-refractivity contribution in [3.05, 3.63) is 65.6 Å². The molecule has 0 radical (unpaired) electrons. The van der Waals surface area contributed by atoms with Crippen molar-refractivity contribution in [3.8, 4) is 5.75 Å². The van der Waals surface area contributed by atoms with Crippen LogP contribution < -0.4 is 10.5 Å². The van der Waals surface area contributed by atoms with E-state index < -0.39 is 0 Å². The van der Waals surface area contributed by atoms with Crippen LogP contribution in [0.25, 0.3) is 5.65 Å². The summed E-state index contributed by atoms with van der Waals surface area (Å²) in [6, 6.07) is 11.2. The van der Waals surface area contributed by atoms with Gasteiger partial charge in [-0.3, -0.25) is 9.59 Å². The lowest BCUT2D eigenvalue weighted by Gasteiger charge is -2.31. The van der Waals surface area contributed by atoms with Crippen LogP contribution >= 0.6 is 0 Å². The molecule has 1 aromatic carbocycles. The number of primary amides is 1. The molecule has 29 heavy (non-hydrogen) atoms. The number of nitrogens with two attached hydrogens (primary N) is 1. The number of benzene rings is 1. The van der Waals surface area contributed by atoms with E-state index in [1.807, 2.05) is 48.0 Å². The summed E-state index contributed by atoms with van der Waals surface area (Å²) in [5, 5.41) is 0. The Labute approximate surface area is 169 Å². The number of imidazole rings is 1. The van der Waals surface area contributed by atoms with Crippen LogP contribution in [0.1, 0.15) is 34.5 Å². The third kappa shape index (κ3) is 3.94. The molecule has 1 aliphatic heterocycles. The second kappa shape index (κ2) is 7.95. The van der Waals surface area contributed by atoms with Gasteiger partial charge in [0.2, 0.25) is 5.91 Å². The summed E-state index contributed by atoms with van der Waals surface area (Å²) in [7, 11) is 0. The third-order valence-corrected chi connectivity index (χ3v) is 5.33. The Morgan fingerprint density at radius 2 is 2.07 bits per heavy atom. The third-order valence-electron chi connectivity index (χ3n) is 5.33. The molecule has 2 amide bonds. The van der Waals surface area contributed by atoms with Crippen molar-refractivity contribution >= 4 is 17.5 Å². The number of carbonyl (C=O) groups is 2. The van der Waals surface area contributed by atoms with E-state index in [1.54, 1.807) is 17.0 Å². The molecule has 0 aliphatic carbocycles. The Bertz CT molecular complexity index is 1060. The van der Waals surface area contributed by atoms with Crippen LogP contribution in [0.4, 0.5) is 0 Å². The number of hydrogen-bond acceptors (Lipinski definition) is 4. The van der Waals surface area contributed by atoms with Crippen molar-refractivity contribution in [2.24, 2.45) is 11.7 Å². The molecule has 1 fully saturated rings. The molecule has 0 spiro atoms. The molecular weight excluding hydrogens is 368 g/mol. The maximum Gasteiger partial charge on any atom is 0.257 e. The average Bonchev–Trinajstić information content (AvgIpc) is 3.16. The molecule has 7 nitrogen and oxygen atoms in total. The van der Waals surface area contributed by atoms with E-state index in [0.717, 1.165) is 29.7 Å². The molecule has 7 heteroatoms. The molecule has 3 aromatic rings. The maximum absolute atomic E-state index is 13.1. The Kier molecular flexibility index (Phi) is 5.20. The molecule has 2 aromatic heterocycles. The largest absolute Gasteiger partial charge is 0.486 e. The number of para-hydroxylation sites is 1. The van der Waals surface area contributed by atoms with Crippen LogP contribution in [0.15, 0.2) is 48.8 Å². The van der Waals surface area contributed by atoms with Gasteiger partial charge in [-0.2, -0.15) is 0 Å². The lowest BCUT2D eigenvalue weighted by Crippen LogP contribution is -2.44. The lowest BCUT2D eigenvalue weighted by atomic mass is 9.97. The van der Waals surface area contributed by atoms with Gasteiger partial charge >= 0.3 is 0 Å². The van der Waals surface area contributed by atoms with Crippen molar-refractivity contribution in [2.75, 3.05) is 13.1 Å². The van der Waals surface area contributed by atoms with E-state index in [9.17, 15) is 9.59 Å². The predicted molar refractivity (Wildman–Crippen MR) is 109 cm³/mol. The van der Waals surface area contributed by atoms with E-state index >= 15 is 0 Å². The summed E-state index contributed by atoms with van der Waals surface area (Å²) >= 11 is 0. The van der Waals surface area contributed by atoms with E-state index in [2.05, 4.69) is 4.98 Å². The van der Waals surface area contributed by atoms with Crippen LogP contribution in [-0.2, 0) is 11.4 Å². The number of nitrogens with zero attached hydrogens (tertiary/aromatic N) is 3. The molecule has 3 heterocycles. The van der Waals surface area contributed by atoms with Crippen molar-refractivity contribution < 1.29 is 14.3 Å². The summed E-state index contributed by atoms with van der Waals surface area (Å²) in [6.45, 7) is 3.24. The molecule has 2 N–H and O–H groups in total. The molecule has 0 saturated carbocycles. The highest BCUT2D eigenvalue weighted by Gasteiger charge is 2.28. The second-order valence-electron chi connectivity index (χ2n) is 7.43. The minimum Gasteiger partial charge on any atom is -0.486 e. The molecule has 1 saturated heterocycles. The predicted octanol–water partition coefficient (Wildman–Crippen LogP) is 2.56. The number of rotatable bonds is 5. The van der Waals surface area contributed by atoms with Gasteiger partial charge in [-0.25, -0.2) is 4.98 Å². The van der Waals surface area contributed by atoms with Gasteiger partial charge in [-0.15, -0.1) is 0 Å². The number of aromatic nitrogens is 2. The van der Waals surface area contributed by atoms with E-state index in [-0.39, 0.29) is 24.3 Å². The summed E-state index contributed by atoms with van der Waals surface area (Å²) in [6.07, 6.45) is 5.37. The highest BCUT2D eigenvalue weighted by atomic mass is 16.5. The SMILES string of the molecule is Cc1cccn2cc(COc3ccccc3C(=O)N3CCCC(C(N)=O)C3)nc12. The normalized spacial score (nSPS) is 16.7. The zero-order valence-electron chi connectivity index (χ0n) is 16.4. The van der Waals surface area contributed by atoms with Gasteiger partial charge in [0.15, 0.2) is 0 Å². The summed E-state index contributed by atoms with van der Waals surface area (Å²) in [4.78, 5) is 30.9. The van der Waals surface area contributed by atoms with Crippen molar-refractivity contribution in [2.45, 2.75) is 26.4 Å². The first-order chi connectivity index (χ1) is 14.0. The first kappa shape index (κ1) is 19.0. The number of amides is 2. The standard InChI is InChI=1S/C22H24N4O3/c1-15-6-4-10-25-13-17(24-21(15)25)14-29-19-9-3-2-8-18(19)22(28)26-11-5-7-16(12-26)20(23)27/h2-4,6,8-10,13,16H,5,7,11-12,14H2,1H3,(H2,23,27). The van der Waals surface area contributed by atoms with Gasteiger partial charge in [0.1, 0.15) is 18.0 Å². The van der Waals surface area contributed by atoms with Gasteiger partial charge in [0.05, 0.1) is 17.2 Å². The Hall–Kier alpha value is -3.35. The van der Waals surface area contributed by atoms with Crippen molar-refractivity contribution in [1.29, 1.82) is 0 Å². The number of hydrogen-bond donors (Lipinski definition) is 1. The highest BCUT2D eigenvalue weighted by molar-refractivity contribution is 5.97. The summed E-state index contributed by atoms with van der Waals surface area (Å²) < 4.78 is 7.93. The zero-order chi connectivity index (χ0) is 20.4. The number of piperidine rings is 1. The first-order valence-corrected chi connectivity index (χ1v) is 9.76. The fourth-order valence-corrected chi connectivity index (χ4v) is 3.76. The molecule has 4 rings (SSSR count). The van der Waals surface area contributed by atoms with Gasteiger partial charge in [-0.1, -0.05) is 18.2 Å². The second-order valence-corrected chi connectivity index (χ2v) is 7.43. The monoisotopic (exact) mass is 392 g/mol. The minimum absolute atomic E-state index is 0.141. The number of aryl methyl sites for hydroxylation is 1. The van der Waals surface area contributed by atoms with E-state index in [4.69, 9.17) is 10.5 Å². The van der Waals surface area contributed by atoms with Gasteiger partial charge in [0, 0.05) is 25.5 Å². The van der Waals surface area contributed by atoms with Gasteiger partial charge in [0.25, 0.3) is 5.91 Å². The van der Waals surface area contributed by atoms with Gasteiger partial charge < -0.3 is 19.8 Å². The van der Waals surface area contributed by atoms with Crippen molar-refractivity contribution in [3.63, 3.8) is 0 Å². The first-order valence-electron chi connectivity index (χ1n) is 9.76. The van der Waals surface area contributed by atoms with Crippen LogP contribution in [-0.4, -0.2) is 39.2 Å². The zero-order valence-corrected chi connectivity index (χ0v) is 16.4. The number of ether oxygens (including phenoxy) is 1. The summed E-state index contributed by atoms with van der Waals surface area (Å²) in [5.74, 6) is -0.277. The van der Waals surface area contributed by atoms with E-state index in [0.29, 0.717) is 24.4 Å². The molecule has 150 valence electrons. The minimum atomic E-state index is -0.353. The molecule has 0 bridgehead atoms. The van der Waals surface area contributed by atoms with Crippen LogP contribution in [0.2, 0.25) is 0 Å². The van der Waals surface area contributed by atoms with Crippen LogP contribution in [0.5, 0.6) is 5.75 Å². The number of fused-ring (bicyclic) bond motifs is 1. The molecule has 1 aliphatic rings. The Balaban J connectivity index is 1.51. The van der Waals surface area contributed by atoms with Crippen LogP contribution in [0.3, 0.4) is 0 Å². The van der Waals surface area contributed by atoms with Gasteiger partial charge in [-0.05, 0) is 43.5 Å². The number of carbonyl (C=O) groups excluding carboxylic acids is 2. The quantitative estimate of drug-likeness (QED) is 0.723. The topological polar surface area (TPSA) is 89.9 Å².